The molecule has 1 aromatic carbocycles. The minimum atomic E-state index is -0.420. The summed E-state index contributed by atoms with van der Waals surface area (Å²) in [5.74, 6) is 1.60. The van der Waals surface area contributed by atoms with E-state index in [-0.39, 0.29) is 5.91 Å². The molecule has 1 aliphatic rings. The predicted molar refractivity (Wildman–Crippen MR) is 89.1 cm³/mol. The Morgan fingerprint density at radius 3 is 2.55 bits per heavy atom. The summed E-state index contributed by atoms with van der Waals surface area (Å²) in [4.78, 5) is 14.4. The van der Waals surface area contributed by atoms with E-state index in [4.69, 9.17) is 4.74 Å². The van der Waals surface area contributed by atoms with Gasteiger partial charge in [0.15, 0.2) is 6.10 Å². The zero-order valence-corrected chi connectivity index (χ0v) is 14.0. The zero-order chi connectivity index (χ0) is 15.9. The van der Waals surface area contributed by atoms with Gasteiger partial charge in [-0.05, 0) is 64.8 Å². The van der Waals surface area contributed by atoms with E-state index in [1.54, 1.807) is 0 Å². The van der Waals surface area contributed by atoms with Gasteiger partial charge in [-0.3, -0.25) is 4.79 Å². The number of ether oxygens (including phenoxy) is 1. The molecule has 1 heterocycles. The Bertz CT molecular complexity index is 464. The normalized spacial score (nSPS) is 17.3. The van der Waals surface area contributed by atoms with Gasteiger partial charge in [-0.25, -0.2) is 0 Å². The van der Waals surface area contributed by atoms with E-state index in [0.29, 0.717) is 0 Å². The summed E-state index contributed by atoms with van der Waals surface area (Å²) < 4.78 is 5.77. The number of aryl methyl sites for hydroxylation is 1. The largest absolute Gasteiger partial charge is 0.481 e. The third-order valence-electron chi connectivity index (χ3n) is 4.41. The number of benzene rings is 1. The quantitative estimate of drug-likeness (QED) is 0.878. The lowest BCUT2D eigenvalue weighted by Crippen LogP contribution is -2.45. The van der Waals surface area contributed by atoms with Gasteiger partial charge in [0, 0.05) is 13.1 Å². The number of carbonyl (C=O) groups is 1. The minimum Gasteiger partial charge on any atom is -0.481 e. The van der Waals surface area contributed by atoms with E-state index in [1.165, 1.54) is 12.0 Å². The highest BCUT2D eigenvalue weighted by atomic mass is 16.5. The summed E-state index contributed by atoms with van der Waals surface area (Å²) >= 11 is 0. The number of amides is 1. The number of rotatable bonds is 6. The van der Waals surface area contributed by atoms with Gasteiger partial charge in [-0.15, -0.1) is 0 Å². The topological polar surface area (TPSA) is 41.6 Å². The van der Waals surface area contributed by atoms with Gasteiger partial charge in [0.05, 0.1) is 0 Å². The SMILES string of the molecule is CNCCC1CCN(C(=O)C(C)Oc2ccc(C)cc2)CC1. The monoisotopic (exact) mass is 304 g/mol. The number of carbonyl (C=O) groups excluding carboxylic acids is 1. The highest BCUT2D eigenvalue weighted by Gasteiger charge is 2.26. The van der Waals surface area contributed by atoms with Crippen LogP contribution in [-0.2, 0) is 4.79 Å². The van der Waals surface area contributed by atoms with Crippen molar-refractivity contribution in [1.29, 1.82) is 0 Å². The van der Waals surface area contributed by atoms with E-state index >= 15 is 0 Å². The van der Waals surface area contributed by atoms with Crippen molar-refractivity contribution in [3.8, 4) is 5.75 Å². The van der Waals surface area contributed by atoms with Crippen molar-refractivity contribution < 1.29 is 9.53 Å². The van der Waals surface area contributed by atoms with Gasteiger partial charge in [0.25, 0.3) is 5.91 Å². The van der Waals surface area contributed by atoms with Crippen LogP contribution >= 0.6 is 0 Å². The Kier molecular flexibility index (Phi) is 6.25. The first-order valence-electron chi connectivity index (χ1n) is 8.27. The Morgan fingerprint density at radius 1 is 1.32 bits per heavy atom. The third kappa shape index (κ3) is 4.73. The van der Waals surface area contributed by atoms with Gasteiger partial charge in [-0.1, -0.05) is 17.7 Å². The van der Waals surface area contributed by atoms with E-state index in [0.717, 1.165) is 44.1 Å². The fourth-order valence-corrected chi connectivity index (χ4v) is 2.92. The predicted octanol–water partition coefficient (Wildman–Crippen LogP) is 2.61. The highest BCUT2D eigenvalue weighted by Crippen LogP contribution is 2.21. The van der Waals surface area contributed by atoms with E-state index < -0.39 is 6.10 Å². The van der Waals surface area contributed by atoms with Crippen LogP contribution < -0.4 is 10.1 Å². The van der Waals surface area contributed by atoms with Gasteiger partial charge in [0.1, 0.15) is 5.75 Å². The lowest BCUT2D eigenvalue weighted by atomic mass is 9.93. The summed E-state index contributed by atoms with van der Waals surface area (Å²) in [6, 6.07) is 7.84. The van der Waals surface area contributed by atoms with E-state index in [9.17, 15) is 4.79 Å². The van der Waals surface area contributed by atoms with Crippen LogP contribution in [0.5, 0.6) is 5.75 Å². The van der Waals surface area contributed by atoms with Crippen molar-refractivity contribution in [3.63, 3.8) is 0 Å². The number of likely N-dealkylation sites (tertiary alicyclic amines) is 1. The molecule has 0 spiro atoms. The van der Waals surface area contributed by atoms with Crippen molar-refractivity contribution in [1.82, 2.24) is 10.2 Å². The molecule has 4 nitrogen and oxygen atoms in total. The standard InChI is InChI=1S/C18H28N2O2/c1-14-4-6-17(7-5-14)22-15(2)18(21)20-12-9-16(10-13-20)8-11-19-3/h4-7,15-16,19H,8-13H2,1-3H3. The highest BCUT2D eigenvalue weighted by molar-refractivity contribution is 5.81. The van der Waals surface area contributed by atoms with Crippen molar-refractivity contribution in [3.05, 3.63) is 29.8 Å². The fourth-order valence-electron chi connectivity index (χ4n) is 2.92. The van der Waals surface area contributed by atoms with Gasteiger partial charge >= 0.3 is 0 Å². The summed E-state index contributed by atoms with van der Waals surface area (Å²) in [5.41, 5.74) is 1.19. The van der Waals surface area contributed by atoms with E-state index in [2.05, 4.69) is 5.32 Å². The second kappa shape index (κ2) is 8.18. The molecule has 0 bridgehead atoms. The number of hydrogen-bond donors (Lipinski definition) is 1. The molecule has 122 valence electrons. The molecule has 4 heteroatoms. The maximum Gasteiger partial charge on any atom is 0.263 e. The molecule has 0 aliphatic carbocycles. The summed E-state index contributed by atoms with van der Waals surface area (Å²) in [5, 5.41) is 3.20. The second-order valence-corrected chi connectivity index (χ2v) is 6.23. The summed E-state index contributed by atoms with van der Waals surface area (Å²) in [7, 11) is 1.99. The molecule has 22 heavy (non-hydrogen) atoms. The molecule has 0 aromatic heterocycles. The van der Waals surface area contributed by atoms with Crippen molar-refractivity contribution in [2.24, 2.45) is 5.92 Å². The Labute approximate surface area is 133 Å². The Morgan fingerprint density at radius 2 is 1.95 bits per heavy atom. The summed E-state index contributed by atoms with van der Waals surface area (Å²) in [6.45, 7) is 6.65. The lowest BCUT2D eigenvalue weighted by Gasteiger charge is -2.33. The van der Waals surface area contributed by atoms with Crippen molar-refractivity contribution in [2.75, 3.05) is 26.7 Å². The third-order valence-corrected chi connectivity index (χ3v) is 4.41. The van der Waals surface area contributed by atoms with Gasteiger partial charge in [-0.2, -0.15) is 0 Å². The van der Waals surface area contributed by atoms with Crippen LogP contribution in [0.2, 0.25) is 0 Å². The lowest BCUT2D eigenvalue weighted by molar-refractivity contribution is -0.139. The first-order chi connectivity index (χ1) is 10.6. The number of nitrogens with zero attached hydrogens (tertiary/aromatic N) is 1. The zero-order valence-electron chi connectivity index (χ0n) is 14.0. The molecular weight excluding hydrogens is 276 g/mol. The molecule has 1 aromatic rings. The van der Waals surface area contributed by atoms with Crippen LogP contribution in [0.1, 0.15) is 31.7 Å². The molecule has 1 N–H and O–H groups in total. The van der Waals surface area contributed by atoms with Crippen LogP contribution in [0, 0.1) is 12.8 Å². The first-order valence-corrected chi connectivity index (χ1v) is 8.27. The maximum atomic E-state index is 12.5. The van der Waals surface area contributed by atoms with E-state index in [1.807, 2.05) is 50.1 Å². The first kappa shape index (κ1) is 16.8. The maximum absolute atomic E-state index is 12.5. The molecule has 0 saturated carbocycles. The molecule has 2 rings (SSSR count). The van der Waals surface area contributed by atoms with Crippen molar-refractivity contribution in [2.45, 2.75) is 39.2 Å². The van der Waals surface area contributed by atoms with Crippen LogP contribution in [0.25, 0.3) is 0 Å². The Hall–Kier alpha value is -1.55. The number of nitrogens with one attached hydrogen (secondary N) is 1. The van der Waals surface area contributed by atoms with Gasteiger partial charge in [0.2, 0.25) is 0 Å². The molecule has 1 unspecified atom stereocenters. The molecule has 1 amide bonds. The van der Waals surface area contributed by atoms with Crippen LogP contribution in [-0.4, -0.2) is 43.6 Å². The average molecular weight is 304 g/mol. The number of piperidine rings is 1. The smallest absolute Gasteiger partial charge is 0.263 e. The molecule has 1 aliphatic heterocycles. The fraction of sp³-hybridized carbons (Fsp3) is 0.611. The molecule has 1 fully saturated rings. The molecule has 1 saturated heterocycles. The Balaban J connectivity index is 1.80. The van der Waals surface area contributed by atoms with Crippen LogP contribution in [0.3, 0.4) is 0 Å². The van der Waals surface area contributed by atoms with Crippen LogP contribution in [0.4, 0.5) is 0 Å². The summed E-state index contributed by atoms with van der Waals surface area (Å²) in [6.07, 6.45) is 2.99. The van der Waals surface area contributed by atoms with Crippen LogP contribution in [0.15, 0.2) is 24.3 Å². The van der Waals surface area contributed by atoms with Crippen molar-refractivity contribution >= 4 is 5.91 Å². The van der Waals surface area contributed by atoms with Gasteiger partial charge < -0.3 is 15.0 Å². The molecular formula is C18H28N2O2. The molecule has 1 atom stereocenters. The minimum absolute atomic E-state index is 0.104. The molecule has 0 radical (unpaired) electrons. The number of hydrogen-bond acceptors (Lipinski definition) is 3. The second-order valence-electron chi connectivity index (χ2n) is 6.23. The average Bonchev–Trinajstić information content (AvgIpc) is 2.55.